The van der Waals surface area contributed by atoms with E-state index in [9.17, 15) is 4.79 Å². The fraction of sp³-hybridized carbons (Fsp3) is 0.714. The van der Waals surface area contributed by atoms with E-state index in [0.717, 1.165) is 13.1 Å². The highest BCUT2D eigenvalue weighted by molar-refractivity contribution is 5.98. The van der Waals surface area contributed by atoms with Crippen LogP contribution >= 0.6 is 0 Å². The summed E-state index contributed by atoms with van der Waals surface area (Å²) in [5, 5.41) is 4.07. The number of nitrogens with two attached hydrogens (primary N) is 1. The molecule has 110 valence electrons. The number of rotatable bonds is 1. The molecule has 0 saturated carbocycles. The number of fused-ring (bicyclic) bond motifs is 1. The van der Waals surface area contributed by atoms with Gasteiger partial charge in [-0.15, -0.1) is 0 Å². The molecule has 2 N–H and O–H groups in total. The summed E-state index contributed by atoms with van der Waals surface area (Å²) < 4.78 is 1.55. The Kier molecular flexibility index (Phi) is 3.41. The van der Waals surface area contributed by atoms with Gasteiger partial charge in [-0.3, -0.25) is 14.4 Å². The van der Waals surface area contributed by atoms with Crippen LogP contribution in [0.3, 0.4) is 0 Å². The van der Waals surface area contributed by atoms with Gasteiger partial charge in [-0.25, -0.2) is 0 Å². The Morgan fingerprint density at radius 2 is 2.20 bits per heavy atom. The Labute approximate surface area is 119 Å². The van der Waals surface area contributed by atoms with Crippen molar-refractivity contribution in [3.8, 4) is 0 Å². The zero-order valence-electron chi connectivity index (χ0n) is 12.2. The van der Waals surface area contributed by atoms with Crippen LogP contribution in [0, 0.1) is 0 Å². The number of carbonyl (C=O) groups excluding carboxylic acids is 1. The number of hydrogen-bond acceptors (Lipinski definition) is 4. The van der Waals surface area contributed by atoms with Gasteiger partial charge in [0.1, 0.15) is 11.4 Å². The highest BCUT2D eigenvalue weighted by Crippen LogP contribution is 2.26. The SMILES string of the molecule is CC1CN2CCCCC2CN1C(=O)c1cnn(C)c1N. The van der Waals surface area contributed by atoms with E-state index in [0.29, 0.717) is 17.4 Å². The second-order valence-electron chi connectivity index (χ2n) is 6.02. The van der Waals surface area contributed by atoms with Crippen LogP contribution in [0.25, 0.3) is 0 Å². The Balaban J connectivity index is 1.79. The smallest absolute Gasteiger partial charge is 0.259 e. The van der Waals surface area contributed by atoms with Crippen LogP contribution in [-0.2, 0) is 7.05 Å². The molecule has 0 spiro atoms. The van der Waals surface area contributed by atoms with Gasteiger partial charge in [0, 0.05) is 32.2 Å². The van der Waals surface area contributed by atoms with Crippen molar-refractivity contribution < 1.29 is 4.79 Å². The van der Waals surface area contributed by atoms with E-state index in [1.807, 2.05) is 4.90 Å². The third-order valence-corrected chi connectivity index (χ3v) is 4.66. The Morgan fingerprint density at radius 3 is 2.90 bits per heavy atom. The van der Waals surface area contributed by atoms with Crippen molar-refractivity contribution in [2.75, 3.05) is 25.4 Å². The Morgan fingerprint density at radius 1 is 1.40 bits per heavy atom. The van der Waals surface area contributed by atoms with Gasteiger partial charge in [0.15, 0.2) is 0 Å². The maximum atomic E-state index is 12.7. The summed E-state index contributed by atoms with van der Waals surface area (Å²) in [5.41, 5.74) is 6.46. The summed E-state index contributed by atoms with van der Waals surface area (Å²) in [6.45, 7) is 5.08. The minimum Gasteiger partial charge on any atom is -0.383 e. The molecule has 2 aliphatic rings. The summed E-state index contributed by atoms with van der Waals surface area (Å²) in [6, 6.07) is 0.748. The number of amides is 1. The summed E-state index contributed by atoms with van der Waals surface area (Å²) >= 11 is 0. The fourth-order valence-electron chi connectivity index (χ4n) is 3.40. The zero-order valence-corrected chi connectivity index (χ0v) is 12.2. The average Bonchev–Trinajstić information content (AvgIpc) is 2.77. The summed E-state index contributed by atoms with van der Waals surface area (Å²) in [7, 11) is 1.76. The number of hydrogen-bond donors (Lipinski definition) is 1. The molecule has 1 amide bonds. The summed E-state index contributed by atoms with van der Waals surface area (Å²) in [4.78, 5) is 17.2. The predicted octanol–water partition coefficient (Wildman–Crippen LogP) is 0.701. The van der Waals surface area contributed by atoms with Gasteiger partial charge in [-0.05, 0) is 26.3 Å². The first-order chi connectivity index (χ1) is 9.58. The van der Waals surface area contributed by atoms with E-state index < -0.39 is 0 Å². The van der Waals surface area contributed by atoms with Crippen molar-refractivity contribution in [2.45, 2.75) is 38.3 Å². The van der Waals surface area contributed by atoms with Crippen molar-refractivity contribution in [2.24, 2.45) is 7.05 Å². The molecule has 2 atom stereocenters. The number of carbonyl (C=O) groups is 1. The summed E-state index contributed by atoms with van der Waals surface area (Å²) in [6.07, 6.45) is 5.33. The number of aryl methyl sites for hydroxylation is 1. The minimum absolute atomic E-state index is 0.0216. The topological polar surface area (TPSA) is 67.4 Å². The van der Waals surface area contributed by atoms with Crippen LogP contribution in [0.1, 0.15) is 36.5 Å². The van der Waals surface area contributed by atoms with Crippen LogP contribution in [0.2, 0.25) is 0 Å². The molecular formula is C14H23N5O. The first-order valence-electron chi connectivity index (χ1n) is 7.40. The van der Waals surface area contributed by atoms with E-state index in [-0.39, 0.29) is 11.9 Å². The van der Waals surface area contributed by atoms with Crippen LogP contribution in [-0.4, -0.2) is 57.2 Å². The molecule has 6 nitrogen and oxygen atoms in total. The average molecular weight is 277 g/mol. The molecule has 0 aromatic carbocycles. The fourth-order valence-corrected chi connectivity index (χ4v) is 3.40. The molecule has 2 aliphatic heterocycles. The number of aromatic nitrogens is 2. The van der Waals surface area contributed by atoms with Gasteiger partial charge >= 0.3 is 0 Å². The van der Waals surface area contributed by atoms with Crippen LogP contribution < -0.4 is 5.73 Å². The Bertz CT molecular complexity index is 512. The van der Waals surface area contributed by atoms with Crippen molar-refractivity contribution >= 4 is 11.7 Å². The number of anilines is 1. The third-order valence-electron chi connectivity index (χ3n) is 4.66. The molecule has 1 aromatic heterocycles. The van der Waals surface area contributed by atoms with E-state index in [1.54, 1.807) is 17.9 Å². The van der Waals surface area contributed by atoms with Gasteiger partial charge in [0.05, 0.1) is 6.20 Å². The van der Waals surface area contributed by atoms with E-state index in [2.05, 4.69) is 16.9 Å². The number of nitrogens with zero attached hydrogens (tertiary/aromatic N) is 4. The van der Waals surface area contributed by atoms with Gasteiger partial charge in [-0.2, -0.15) is 5.10 Å². The normalized spacial score (nSPS) is 27.4. The van der Waals surface area contributed by atoms with Crippen LogP contribution in [0.4, 0.5) is 5.82 Å². The lowest BCUT2D eigenvalue weighted by molar-refractivity contribution is 0.0152. The largest absolute Gasteiger partial charge is 0.383 e. The first-order valence-corrected chi connectivity index (χ1v) is 7.40. The van der Waals surface area contributed by atoms with Crippen molar-refractivity contribution in [3.63, 3.8) is 0 Å². The van der Waals surface area contributed by atoms with Crippen molar-refractivity contribution in [1.82, 2.24) is 19.6 Å². The molecule has 1 aromatic rings. The number of nitrogen functional groups attached to an aromatic ring is 1. The van der Waals surface area contributed by atoms with Crippen molar-refractivity contribution in [3.05, 3.63) is 11.8 Å². The van der Waals surface area contributed by atoms with Crippen LogP contribution in [0.15, 0.2) is 6.20 Å². The first kappa shape index (κ1) is 13.4. The highest BCUT2D eigenvalue weighted by atomic mass is 16.2. The second kappa shape index (κ2) is 5.09. The zero-order chi connectivity index (χ0) is 14.3. The molecule has 0 aliphatic carbocycles. The molecule has 0 bridgehead atoms. The maximum absolute atomic E-state index is 12.7. The molecule has 2 saturated heterocycles. The maximum Gasteiger partial charge on any atom is 0.259 e. The molecule has 20 heavy (non-hydrogen) atoms. The monoisotopic (exact) mass is 277 g/mol. The third kappa shape index (κ3) is 2.18. The molecule has 3 heterocycles. The minimum atomic E-state index is 0.0216. The lowest BCUT2D eigenvalue weighted by Crippen LogP contribution is -2.60. The molecular weight excluding hydrogens is 254 g/mol. The molecule has 2 unspecified atom stereocenters. The van der Waals surface area contributed by atoms with Crippen LogP contribution in [0.5, 0.6) is 0 Å². The quantitative estimate of drug-likeness (QED) is 0.820. The summed E-state index contributed by atoms with van der Waals surface area (Å²) in [5.74, 6) is 0.474. The number of piperidine rings is 1. The highest BCUT2D eigenvalue weighted by Gasteiger charge is 2.36. The van der Waals surface area contributed by atoms with E-state index in [1.165, 1.54) is 25.8 Å². The van der Waals surface area contributed by atoms with Gasteiger partial charge in [0.25, 0.3) is 5.91 Å². The van der Waals surface area contributed by atoms with Crippen molar-refractivity contribution in [1.29, 1.82) is 0 Å². The molecule has 0 radical (unpaired) electrons. The standard InChI is InChI=1S/C14H23N5O/c1-10-8-18-6-4-3-5-11(18)9-19(10)14(20)12-7-16-17(2)13(12)15/h7,10-11H,3-6,8-9,15H2,1-2H3. The Hall–Kier alpha value is -1.56. The van der Waals surface area contributed by atoms with Gasteiger partial charge < -0.3 is 10.6 Å². The molecule has 2 fully saturated rings. The van der Waals surface area contributed by atoms with Gasteiger partial charge in [-0.1, -0.05) is 6.42 Å². The lowest BCUT2D eigenvalue weighted by atomic mass is 9.96. The molecule has 3 rings (SSSR count). The lowest BCUT2D eigenvalue weighted by Gasteiger charge is -2.47. The van der Waals surface area contributed by atoms with Gasteiger partial charge in [0.2, 0.25) is 0 Å². The number of piperazine rings is 1. The van der Waals surface area contributed by atoms with E-state index >= 15 is 0 Å². The molecule has 6 heteroatoms. The predicted molar refractivity (Wildman–Crippen MR) is 77.3 cm³/mol. The van der Waals surface area contributed by atoms with E-state index in [4.69, 9.17) is 5.73 Å². The second-order valence-corrected chi connectivity index (χ2v) is 6.02.